The van der Waals surface area contributed by atoms with Crippen LogP contribution in [0.2, 0.25) is 0 Å². The van der Waals surface area contributed by atoms with Crippen molar-refractivity contribution in [3.8, 4) is 0 Å². The summed E-state index contributed by atoms with van der Waals surface area (Å²) in [5.74, 6) is 0.627. The Morgan fingerprint density at radius 3 is 2.96 bits per heavy atom. The first-order valence-corrected chi connectivity index (χ1v) is 9.06. The van der Waals surface area contributed by atoms with Crippen LogP contribution in [0.25, 0.3) is 6.08 Å². The van der Waals surface area contributed by atoms with Crippen molar-refractivity contribution >= 4 is 12.0 Å². The molecule has 0 saturated carbocycles. The number of hydrogen-bond donors (Lipinski definition) is 0. The van der Waals surface area contributed by atoms with Crippen LogP contribution in [0.5, 0.6) is 0 Å². The van der Waals surface area contributed by atoms with E-state index in [4.69, 9.17) is 0 Å². The third kappa shape index (κ3) is 4.32. The predicted octanol–water partition coefficient (Wildman–Crippen LogP) is 2.89. The third-order valence-electron chi connectivity index (χ3n) is 4.52. The van der Waals surface area contributed by atoms with Gasteiger partial charge < -0.3 is 4.90 Å². The molecule has 1 aliphatic rings. The lowest BCUT2D eigenvalue weighted by atomic mass is 10.0. The third-order valence-corrected chi connectivity index (χ3v) is 4.52. The van der Waals surface area contributed by atoms with Gasteiger partial charge in [0.1, 0.15) is 0 Å². The second-order valence-electron chi connectivity index (χ2n) is 6.41. The lowest BCUT2D eigenvalue weighted by Crippen LogP contribution is -2.36. The predicted molar refractivity (Wildman–Crippen MR) is 96.8 cm³/mol. The van der Waals surface area contributed by atoms with Crippen molar-refractivity contribution in [1.29, 1.82) is 0 Å². The molecule has 0 fully saturated rings. The molecule has 1 amide bonds. The molecule has 0 radical (unpaired) electrons. The summed E-state index contributed by atoms with van der Waals surface area (Å²) in [6, 6.07) is 10.1. The van der Waals surface area contributed by atoms with Gasteiger partial charge in [-0.05, 0) is 35.3 Å². The zero-order valence-electron chi connectivity index (χ0n) is 14.7. The van der Waals surface area contributed by atoms with Crippen molar-refractivity contribution in [3.63, 3.8) is 0 Å². The first kappa shape index (κ1) is 17.3. The average Bonchev–Trinajstić information content (AvgIpc) is 3.01. The summed E-state index contributed by atoms with van der Waals surface area (Å²) < 4.78 is 1.79. The van der Waals surface area contributed by atoms with Gasteiger partial charge in [0.25, 0.3) is 0 Å². The van der Waals surface area contributed by atoms with Crippen LogP contribution in [-0.4, -0.2) is 44.1 Å². The van der Waals surface area contributed by atoms with E-state index in [1.807, 2.05) is 23.1 Å². The molecule has 25 heavy (non-hydrogen) atoms. The molecule has 2 aromatic rings. The van der Waals surface area contributed by atoms with Crippen LogP contribution in [0.1, 0.15) is 49.9 Å². The van der Waals surface area contributed by atoms with Gasteiger partial charge in [0.2, 0.25) is 5.91 Å². The van der Waals surface area contributed by atoms with E-state index in [2.05, 4.69) is 46.7 Å². The van der Waals surface area contributed by atoms with E-state index in [0.717, 1.165) is 50.2 Å². The Kier molecular flexibility index (Phi) is 5.93. The molecule has 0 unspecified atom stereocenters. The SMILES string of the molecule is CCCN(C/C=C/c1ccccc1)C(=O)[C@@H]1CCCCn2nnnc21. The van der Waals surface area contributed by atoms with Gasteiger partial charge in [-0.1, -0.05) is 55.8 Å². The van der Waals surface area contributed by atoms with Crippen molar-refractivity contribution in [2.75, 3.05) is 13.1 Å². The van der Waals surface area contributed by atoms with Gasteiger partial charge in [0.15, 0.2) is 5.82 Å². The van der Waals surface area contributed by atoms with Crippen molar-refractivity contribution < 1.29 is 4.79 Å². The Hall–Kier alpha value is -2.50. The Labute approximate surface area is 148 Å². The van der Waals surface area contributed by atoms with E-state index in [1.165, 1.54) is 0 Å². The first-order valence-electron chi connectivity index (χ1n) is 9.06. The highest BCUT2D eigenvalue weighted by Crippen LogP contribution is 2.26. The van der Waals surface area contributed by atoms with Gasteiger partial charge in [0, 0.05) is 19.6 Å². The van der Waals surface area contributed by atoms with Crippen LogP contribution in [-0.2, 0) is 11.3 Å². The maximum Gasteiger partial charge on any atom is 0.233 e. The highest BCUT2D eigenvalue weighted by Gasteiger charge is 2.31. The van der Waals surface area contributed by atoms with E-state index < -0.39 is 0 Å². The molecule has 3 rings (SSSR count). The fraction of sp³-hybridized carbons (Fsp3) is 0.474. The largest absolute Gasteiger partial charge is 0.338 e. The summed E-state index contributed by atoms with van der Waals surface area (Å²) in [7, 11) is 0. The minimum Gasteiger partial charge on any atom is -0.338 e. The van der Waals surface area contributed by atoms with Crippen molar-refractivity contribution in [3.05, 3.63) is 47.8 Å². The Balaban J connectivity index is 1.72. The number of aromatic nitrogens is 4. The number of rotatable bonds is 6. The van der Waals surface area contributed by atoms with E-state index >= 15 is 0 Å². The molecular formula is C19H25N5O. The number of carbonyl (C=O) groups excluding carboxylic acids is 1. The first-order chi connectivity index (χ1) is 12.3. The minimum atomic E-state index is -0.228. The summed E-state index contributed by atoms with van der Waals surface area (Å²) >= 11 is 0. The lowest BCUT2D eigenvalue weighted by Gasteiger charge is -2.25. The molecule has 1 aromatic heterocycles. The lowest BCUT2D eigenvalue weighted by molar-refractivity contribution is -0.132. The second kappa shape index (κ2) is 8.55. The van der Waals surface area contributed by atoms with Gasteiger partial charge in [-0.25, -0.2) is 4.68 Å². The molecule has 0 aliphatic carbocycles. The zero-order valence-corrected chi connectivity index (χ0v) is 14.7. The van der Waals surface area contributed by atoms with Crippen molar-refractivity contribution in [2.24, 2.45) is 0 Å². The molecule has 1 aromatic carbocycles. The van der Waals surface area contributed by atoms with Crippen molar-refractivity contribution in [2.45, 2.75) is 45.1 Å². The number of fused-ring (bicyclic) bond motifs is 1. The number of nitrogens with zero attached hydrogens (tertiary/aromatic N) is 5. The van der Waals surface area contributed by atoms with Gasteiger partial charge >= 0.3 is 0 Å². The topological polar surface area (TPSA) is 63.9 Å². The highest BCUT2D eigenvalue weighted by atomic mass is 16.2. The molecule has 1 aliphatic heterocycles. The Morgan fingerprint density at radius 2 is 2.16 bits per heavy atom. The van der Waals surface area contributed by atoms with E-state index in [-0.39, 0.29) is 11.8 Å². The van der Waals surface area contributed by atoms with Crippen LogP contribution in [0, 0.1) is 0 Å². The summed E-state index contributed by atoms with van der Waals surface area (Å²) in [6.07, 6.45) is 7.91. The van der Waals surface area contributed by atoms with Crippen LogP contribution < -0.4 is 0 Å². The van der Waals surface area contributed by atoms with E-state index in [9.17, 15) is 4.79 Å². The molecule has 0 spiro atoms. The number of aryl methyl sites for hydroxylation is 1. The monoisotopic (exact) mass is 339 g/mol. The van der Waals surface area contributed by atoms with Gasteiger partial charge in [-0.15, -0.1) is 5.10 Å². The minimum absolute atomic E-state index is 0.137. The smallest absolute Gasteiger partial charge is 0.233 e. The molecule has 132 valence electrons. The Morgan fingerprint density at radius 1 is 1.32 bits per heavy atom. The fourth-order valence-corrected chi connectivity index (χ4v) is 3.26. The maximum absolute atomic E-state index is 13.1. The molecule has 2 heterocycles. The van der Waals surface area contributed by atoms with Crippen LogP contribution >= 0.6 is 0 Å². The van der Waals surface area contributed by atoms with Crippen LogP contribution in [0.15, 0.2) is 36.4 Å². The Bertz CT molecular complexity index is 710. The van der Waals surface area contributed by atoms with Crippen LogP contribution in [0.3, 0.4) is 0 Å². The average molecular weight is 339 g/mol. The quantitative estimate of drug-likeness (QED) is 0.812. The zero-order chi connectivity index (χ0) is 17.5. The molecular weight excluding hydrogens is 314 g/mol. The maximum atomic E-state index is 13.1. The molecule has 0 N–H and O–H groups in total. The highest BCUT2D eigenvalue weighted by molar-refractivity contribution is 5.83. The van der Waals surface area contributed by atoms with Gasteiger partial charge in [-0.3, -0.25) is 4.79 Å². The standard InChI is InChI=1S/C19H25N5O/c1-2-13-23(14-8-11-16-9-4-3-5-10-16)19(25)17-12-6-7-15-24-18(17)20-21-22-24/h3-5,8-11,17H,2,6-7,12-15H2,1H3/b11-8+/t17-/m1/s1. The fourth-order valence-electron chi connectivity index (χ4n) is 3.26. The van der Waals surface area contributed by atoms with Crippen molar-refractivity contribution in [1.82, 2.24) is 25.1 Å². The summed E-state index contributed by atoms with van der Waals surface area (Å²) in [5.41, 5.74) is 1.14. The van der Waals surface area contributed by atoms with Crippen LogP contribution in [0.4, 0.5) is 0 Å². The molecule has 6 nitrogen and oxygen atoms in total. The summed E-state index contributed by atoms with van der Waals surface area (Å²) in [5, 5.41) is 11.9. The number of tetrazole rings is 1. The number of benzene rings is 1. The number of amides is 1. The summed E-state index contributed by atoms with van der Waals surface area (Å²) in [4.78, 5) is 15.1. The number of carbonyl (C=O) groups is 1. The molecule has 0 bridgehead atoms. The normalized spacial score (nSPS) is 17.2. The van der Waals surface area contributed by atoms with Gasteiger partial charge in [0.05, 0.1) is 5.92 Å². The number of hydrogen-bond acceptors (Lipinski definition) is 4. The molecule has 0 saturated heterocycles. The van der Waals surface area contributed by atoms with E-state index in [0.29, 0.717) is 6.54 Å². The molecule has 6 heteroatoms. The van der Waals surface area contributed by atoms with Gasteiger partial charge in [-0.2, -0.15) is 0 Å². The second-order valence-corrected chi connectivity index (χ2v) is 6.41. The van der Waals surface area contributed by atoms with E-state index in [1.54, 1.807) is 4.68 Å². The molecule has 1 atom stereocenters. The summed E-state index contributed by atoms with van der Waals surface area (Å²) in [6.45, 7) is 4.25.